The Morgan fingerprint density at radius 3 is 3.00 bits per heavy atom. The van der Waals surface area contributed by atoms with Gasteiger partial charge in [0.15, 0.2) is 5.76 Å². The van der Waals surface area contributed by atoms with E-state index in [1.54, 1.807) is 12.4 Å². The zero-order valence-electron chi connectivity index (χ0n) is 9.55. The van der Waals surface area contributed by atoms with Crippen LogP contribution in [-0.4, -0.2) is 20.7 Å². The first-order chi connectivity index (χ1) is 7.75. The van der Waals surface area contributed by atoms with Gasteiger partial charge in [-0.1, -0.05) is 19.0 Å². The monoisotopic (exact) mass is 220 g/mol. The molecule has 0 saturated carbocycles. The second kappa shape index (κ2) is 4.94. The van der Waals surface area contributed by atoms with Gasteiger partial charge in [-0.25, -0.2) is 4.98 Å². The van der Waals surface area contributed by atoms with Gasteiger partial charge in [0.2, 0.25) is 0 Å². The molecule has 0 fully saturated rings. The Labute approximate surface area is 94.5 Å². The molecule has 0 amide bonds. The van der Waals surface area contributed by atoms with Crippen LogP contribution in [0.5, 0.6) is 0 Å². The Morgan fingerprint density at radius 1 is 1.44 bits per heavy atom. The van der Waals surface area contributed by atoms with E-state index < -0.39 is 0 Å². The summed E-state index contributed by atoms with van der Waals surface area (Å²) in [6.45, 7) is 5.67. The minimum absolute atomic E-state index is 0.454. The molecule has 5 nitrogen and oxygen atoms in total. The predicted molar refractivity (Wildman–Crippen MR) is 59.8 cm³/mol. The van der Waals surface area contributed by atoms with Gasteiger partial charge in [0, 0.05) is 24.5 Å². The van der Waals surface area contributed by atoms with Crippen molar-refractivity contribution in [1.29, 1.82) is 0 Å². The van der Waals surface area contributed by atoms with Crippen molar-refractivity contribution in [3.63, 3.8) is 0 Å². The van der Waals surface area contributed by atoms with Gasteiger partial charge >= 0.3 is 0 Å². The molecule has 2 rings (SSSR count). The second-order valence-electron chi connectivity index (χ2n) is 3.99. The van der Waals surface area contributed by atoms with Gasteiger partial charge in [-0.15, -0.1) is 0 Å². The number of nitrogens with zero attached hydrogens (tertiary/aromatic N) is 3. The highest BCUT2D eigenvalue weighted by molar-refractivity contribution is 5.00. The molecule has 2 aromatic heterocycles. The van der Waals surface area contributed by atoms with Crippen molar-refractivity contribution in [2.24, 2.45) is 0 Å². The smallest absolute Gasteiger partial charge is 0.156 e. The summed E-state index contributed by atoms with van der Waals surface area (Å²) in [6, 6.07) is 2.31. The number of hydrogen-bond acceptors (Lipinski definition) is 4. The van der Waals surface area contributed by atoms with E-state index in [9.17, 15) is 0 Å². The minimum Gasteiger partial charge on any atom is -0.359 e. The summed E-state index contributed by atoms with van der Waals surface area (Å²) >= 11 is 0. The van der Waals surface area contributed by atoms with Gasteiger partial charge in [0.05, 0.1) is 19.3 Å². The van der Waals surface area contributed by atoms with Crippen LogP contribution >= 0.6 is 0 Å². The number of rotatable bonds is 5. The molecule has 2 aromatic rings. The van der Waals surface area contributed by atoms with E-state index in [4.69, 9.17) is 4.52 Å². The van der Waals surface area contributed by atoms with Crippen LogP contribution in [0.1, 0.15) is 25.4 Å². The molecule has 16 heavy (non-hydrogen) atoms. The highest BCUT2D eigenvalue weighted by Gasteiger charge is 2.05. The molecule has 2 heterocycles. The van der Waals surface area contributed by atoms with E-state index in [2.05, 4.69) is 33.9 Å². The summed E-state index contributed by atoms with van der Waals surface area (Å²) in [5.41, 5.74) is 0. The van der Waals surface area contributed by atoms with E-state index in [-0.39, 0.29) is 0 Å². The molecule has 0 aliphatic carbocycles. The van der Waals surface area contributed by atoms with Crippen LogP contribution in [0.3, 0.4) is 0 Å². The molecule has 0 aromatic carbocycles. The van der Waals surface area contributed by atoms with Crippen LogP contribution in [0.15, 0.2) is 29.2 Å². The lowest BCUT2D eigenvalue weighted by Crippen LogP contribution is -2.24. The molecule has 1 N–H and O–H groups in total. The van der Waals surface area contributed by atoms with Gasteiger partial charge in [-0.3, -0.25) is 0 Å². The standard InChI is InChI=1S/C11H16N4O/c1-9(2)13-7-11-12-5-6-15(11)8-10-3-4-14-16-10/h3-6,9,13H,7-8H2,1-2H3. The number of hydrogen-bond donors (Lipinski definition) is 1. The van der Waals surface area contributed by atoms with Gasteiger partial charge in [0.25, 0.3) is 0 Å². The average Bonchev–Trinajstić information content (AvgIpc) is 2.87. The summed E-state index contributed by atoms with van der Waals surface area (Å²) in [4.78, 5) is 4.31. The number of imidazole rings is 1. The largest absolute Gasteiger partial charge is 0.359 e. The molecule has 0 radical (unpaired) electrons. The third-order valence-electron chi connectivity index (χ3n) is 2.29. The van der Waals surface area contributed by atoms with Gasteiger partial charge in [0.1, 0.15) is 5.82 Å². The van der Waals surface area contributed by atoms with Crippen LogP contribution in [0.2, 0.25) is 0 Å². The maximum atomic E-state index is 5.07. The van der Waals surface area contributed by atoms with Crippen molar-refractivity contribution in [3.8, 4) is 0 Å². The summed E-state index contributed by atoms with van der Waals surface area (Å²) in [5.74, 6) is 1.84. The van der Waals surface area contributed by atoms with Gasteiger partial charge in [-0.05, 0) is 0 Å². The van der Waals surface area contributed by atoms with Crippen LogP contribution in [0.25, 0.3) is 0 Å². The van der Waals surface area contributed by atoms with Crippen molar-refractivity contribution < 1.29 is 4.52 Å². The number of aromatic nitrogens is 3. The van der Waals surface area contributed by atoms with E-state index >= 15 is 0 Å². The van der Waals surface area contributed by atoms with Crippen molar-refractivity contribution in [2.45, 2.75) is 33.0 Å². The lowest BCUT2D eigenvalue weighted by atomic mass is 10.4. The topological polar surface area (TPSA) is 55.9 Å². The molecule has 5 heteroatoms. The molecule has 0 bridgehead atoms. The third kappa shape index (κ3) is 2.70. The fraction of sp³-hybridized carbons (Fsp3) is 0.455. The van der Waals surface area contributed by atoms with Crippen LogP contribution < -0.4 is 5.32 Å². The lowest BCUT2D eigenvalue weighted by molar-refractivity contribution is 0.374. The minimum atomic E-state index is 0.454. The van der Waals surface area contributed by atoms with Gasteiger partial charge in [-0.2, -0.15) is 0 Å². The lowest BCUT2D eigenvalue weighted by Gasteiger charge is -2.09. The van der Waals surface area contributed by atoms with E-state index in [1.165, 1.54) is 0 Å². The van der Waals surface area contributed by atoms with Crippen molar-refractivity contribution in [1.82, 2.24) is 20.0 Å². The van der Waals surface area contributed by atoms with Crippen molar-refractivity contribution in [3.05, 3.63) is 36.2 Å². The predicted octanol–water partition coefficient (Wildman–Crippen LogP) is 1.42. The first-order valence-corrected chi connectivity index (χ1v) is 5.38. The highest BCUT2D eigenvalue weighted by Crippen LogP contribution is 2.04. The SMILES string of the molecule is CC(C)NCc1nccn1Cc1ccno1. The Hall–Kier alpha value is -1.62. The fourth-order valence-electron chi connectivity index (χ4n) is 1.44. The third-order valence-corrected chi connectivity index (χ3v) is 2.29. The molecule has 0 atom stereocenters. The fourth-order valence-corrected chi connectivity index (χ4v) is 1.44. The van der Waals surface area contributed by atoms with Gasteiger partial charge < -0.3 is 14.4 Å². The molecule has 0 unspecified atom stereocenters. The second-order valence-corrected chi connectivity index (χ2v) is 3.99. The first-order valence-electron chi connectivity index (χ1n) is 5.38. The summed E-state index contributed by atoms with van der Waals surface area (Å²) < 4.78 is 7.12. The van der Waals surface area contributed by atoms with Crippen molar-refractivity contribution in [2.75, 3.05) is 0 Å². The normalized spacial score (nSPS) is 11.2. The van der Waals surface area contributed by atoms with Crippen molar-refractivity contribution >= 4 is 0 Å². The van der Waals surface area contributed by atoms with E-state index in [1.807, 2.05) is 12.3 Å². The molecular formula is C11H16N4O. The maximum absolute atomic E-state index is 5.07. The Kier molecular flexibility index (Phi) is 3.36. The maximum Gasteiger partial charge on any atom is 0.156 e. The average molecular weight is 220 g/mol. The Morgan fingerprint density at radius 2 is 2.31 bits per heavy atom. The zero-order chi connectivity index (χ0) is 11.4. The molecule has 0 saturated heterocycles. The molecular weight excluding hydrogens is 204 g/mol. The molecule has 0 spiro atoms. The number of nitrogens with one attached hydrogen (secondary N) is 1. The highest BCUT2D eigenvalue weighted by atomic mass is 16.5. The summed E-state index contributed by atoms with van der Waals surface area (Å²) in [7, 11) is 0. The van der Waals surface area contributed by atoms with E-state index in [0.717, 1.165) is 18.1 Å². The van der Waals surface area contributed by atoms with Crippen LogP contribution in [0, 0.1) is 0 Å². The molecule has 0 aliphatic rings. The Bertz CT molecular complexity index is 419. The summed E-state index contributed by atoms with van der Waals surface area (Å²) in [5, 5.41) is 7.02. The molecule has 0 aliphatic heterocycles. The summed E-state index contributed by atoms with van der Waals surface area (Å²) in [6.07, 6.45) is 5.39. The Balaban J connectivity index is 2.01. The first kappa shape index (κ1) is 10.9. The van der Waals surface area contributed by atoms with Crippen LogP contribution in [-0.2, 0) is 13.1 Å². The van der Waals surface area contributed by atoms with E-state index in [0.29, 0.717) is 12.6 Å². The van der Waals surface area contributed by atoms with Crippen LogP contribution in [0.4, 0.5) is 0 Å². The molecule has 86 valence electrons. The zero-order valence-corrected chi connectivity index (χ0v) is 9.55. The quantitative estimate of drug-likeness (QED) is 0.828.